The van der Waals surface area contributed by atoms with Crippen molar-refractivity contribution in [3.05, 3.63) is 48.7 Å². The van der Waals surface area contributed by atoms with Crippen molar-refractivity contribution in [3.63, 3.8) is 0 Å². The summed E-state index contributed by atoms with van der Waals surface area (Å²) in [5, 5.41) is 2.67. The molecule has 0 aliphatic carbocycles. The highest BCUT2D eigenvalue weighted by Crippen LogP contribution is 2.12. The van der Waals surface area contributed by atoms with Crippen LogP contribution in [0.25, 0.3) is 11.0 Å². The van der Waals surface area contributed by atoms with E-state index in [-0.39, 0.29) is 5.91 Å². The summed E-state index contributed by atoms with van der Waals surface area (Å²) in [6, 6.07) is 5.25. The first kappa shape index (κ1) is 10.4. The summed E-state index contributed by atoms with van der Waals surface area (Å²) in [6.07, 6.45) is 6.15. The Balaban J connectivity index is 1.87. The molecule has 0 saturated heterocycles. The van der Waals surface area contributed by atoms with E-state index in [0.29, 0.717) is 11.4 Å². The van der Waals surface area contributed by atoms with E-state index >= 15 is 0 Å². The van der Waals surface area contributed by atoms with Crippen molar-refractivity contribution in [2.24, 2.45) is 0 Å². The average Bonchev–Trinajstić information content (AvgIpc) is 2.87. The number of nitrogens with zero attached hydrogens (tertiary/aromatic N) is 3. The molecule has 3 aromatic rings. The number of anilines is 1. The standard InChI is InChI=1S/C12H9N5O/c18-12(17-11-6-13-3-4-14-11)8-1-2-9-10(5-8)16-7-15-9/h1-7H,(H,15,16)(H,14,17,18). The van der Waals surface area contributed by atoms with E-state index in [1.54, 1.807) is 30.7 Å². The van der Waals surface area contributed by atoms with Gasteiger partial charge < -0.3 is 10.3 Å². The molecule has 1 amide bonds. The van der Waals surface area contributed by atoms with Crippen molar-refractivity contribution in [1.82, 2.24) is 19.9 Å². The number of carbonyl (C=O) groups excluding carboxylic acids is 1. The number of hydrogen-bond acceptors (Lipinski definition) is 4. The number of imidazole rings is 1. The molecule has 0 bridgehead atoms. The van der Waals surface area contributed by atoms with Gasteiger partial charge in [-0.05, 0) is 18.2 Å². The van der Waals surface area contributed by atoms with Gasteiger partial charge >= 0.3 is 0 Å². The predicted molar refractivity (Wildman–Crippen MR) is 66.1 cm³/mol. The zero-order chi connectivity index (χ0) is 12.4. The number of aromatic amines is 1. The number of amides is 1. The van der Waals surface area contributed by atoms with E-state index in [1.165, 1.54) is 12.4 Å². The molecule has 2 aromatic heterocycles. The lowest BCUT2D eigenvalue weighted by molar-refractivity contribution is 0.102. The summed E-state index contributed by atoms with van der Waals surface area (Å²) >= 11 is 0. The minimum atomic E-state index is -0.230. The van der Waals surface area contributed by atoms with Gasteiger partial charge in [0.2, 0.25) is 0 Å². The third-order valence-electron chi connectivity index (χ3n) is 2.49. The first-order chi connectivity index (χ1) is 8.83. The maximum absolute atomic E-state index is 12.0. The first-order valence-electron chi connectivity index (χ1n) is 5.33. The van der Waals surface area contributed by atoms with Crippen LogP contribution in [0.1, 0.15) is 10.4 Å². The number of aromatic nitrogens is 4. The van der Waals surface area contributed by atoms with Crippen LogP contribution in [-0.4, -0.2) is 25.8 Å². The summed E-state index contributed by atoms with van der Waals surface area (Å²) in [5.74, 6) is 0.194. The van der Waals surface area contributed by atoms with E-state index < -0.39 is 0 Å². The predicted octanol–water partition coefficient (Wildman–Crippen LogP) is 1.61. The van der Waals surface area contributed by atoms with Gasteiger partial charge in [0.15, 0.2) is 5.82 Å². The minimum absolute atomic E-state index is 0.230. The van der Waals surface area contributed by atoms with E-state index in [4.69, 9.17) is 0 Å². The first-order valence-corrected chi connectivity index (χ1v) is 5.33. The number of benzene rings is 1. The second kappa shape index (κ2) is 4.25. The molecule has 2 heterocycles. The molecule has 0 fully saturated rings. The Morgan fingerprint density at radius 3 is 3.00 bits per heavy atom. The Morgan fingerprint density at radius 2 is 2.17 bits per heavy atom. The average molecular weight is 239 g/mol. The van der Waals surface area contributed by atoms with Crippen molar-refractivity contribution in [3.8, 4) is 0 Å². The molecule has 1 aromatic carbocycles. The Kier molecular flexibility index (Phi) is 2.45. The second-order valence-electron chi connectivity index (χ2n) is 3.68. The summed E-state index contributed by atoms with van der Waals surface area (Å²) < 4.78 is 0. The van der Waals surface area contributed by atoms with Crippen molar-refractivity contribution in [2.45, 2.75) is 0 Å². The van der Waals surface area contributed by atoms with Crippen LogP contribution in [0.15, 0.2) is 43.1 Å². The van der Waals surface area contributed by atoms with E-state index in [0.717, 1.165) is 11.0 Å². The van der Waals surface area contributed by atoms with Crippen LogP contribution in [0.5, 0.6) is 0 Å². The monoisotopic (exact) mass is 239 g/mol. The van der Waals surface area contributed by atoms with Crippen LogP contribution in [0.4, 0.5) is 5.82 Å². The highest BCUT2D eigenvalue weighted by Gasteiger charge is 2.08. The zero-order valence-corrected chi connectivity index (χ0v) is 9.29. The van der Waals surface area contributed by atoms with Gasteiger partial charge in [-0.15, -0.1) is 0 Å². The van der Waals surface area contributed by atoms with Gasteiger partial charge in [0.1, 0.15) is 0 Å². The molecule has 2 N–H and O–H groups in total. The van der Waals surface area contributed by atoms with Crippen molar-refractivity contribution < 1.29 is 4.79 Å². The quantitative estimate of drug-likeness (QED) is 0.711. The number of nitrogens with one attached hydrogen (secondary N) is 2. The van der Waals surface area contributed by atoms with Crippen LogP contribution in [0.2, 0.25) is 0 Å². The maximum atomic E-state index is 12.0. The molecule has 3 rings (SSSR count). The zero-order valence-electron chi connectivity index (χ0n) is 9.29. The summed E-state index contributed by atoms with van der Waals surface area (Å²) in [4.78, 5) is 26.9. The molecule has 0 radical (unpaired) electrons. The van der Waals surface area contributed by atoms with Crippen LogP contribution in [-0.2, 0) is 0 Å². The molecule has 6 heteroatoms. The summed E-state index contributed by atoms with van der Waals surface area (Å²) in [5.41, 5.74) is 2.19. The summed E-state index contributed by atoms with van der Waals surface area (Å²) in [6.45, 7) is 0. The number of rotatable bonds is 2. The molecule has 0 atom stereocenters. The van der Waals surface area contributed by atoms with E-state index in [9.17, 15) is 4.79 Å². The minimum Gasteiger partial charge on any atom is -0.345 e. The molecule has 0 unspecified atom stereocenters. The lowest BCUT2D eigenvalue weighted by atomic mass is 10.2. The third kappa shape index (κ3) is 1.91. The SMILES string of the molecule is O=C(Nc1cnccn1)c1ccc2nc[nH]c2c1. The van der Waals surface area contributed by atoms with Crippen LogP contribution in [0, 0.1) is 0 Å². The Labute approximate surface area is 102 Å². The molecule has 88 valence electrons. The van der Waals surface area contributed by atoms with Crippen molar-refractivity contribution >= 4 is 22.8 Å². The molecular weight excluding hydrogens is 230 g/mol. The molecule has 6 nitrogen and oxygen atoms in total. The smallest absolute Gasteiger partial charge is 0.256 e. The highest BCUT2D eigenvalue weighted by atomic mass is 16.1. The number of H-pyrrole nitrogens is 1. The van der Waals surface area contributed by atoms with E-state index in [1.807, 2.05) is 0 Å². The Morgan fingerprint density at radius 1 is 1.22 bits per heavy atom. The normalized spacial score (nSPS) is 10.4. The lowest BCUT2D eigenvalue weighted by Gasteiger charge is -2.03. The van der Waals surface area contributed by atoms with Gasteiger partial charge in [-0.3, -0.25) is 9.78 Å². The molecule has 0 aliphatic rings. The lowest BCUT2D eigenvalue weighted by Crippen LogP contribution is -2.12. The fourth-order valence-corrected chi connectivity index (χ4v) is 1.63. The van der Waals surface area contributed by atoms with Gasteiger partial charge in [-0.2, -0.15) is 0 Å². The molecular formula is C12H9N5O. The van der Waals surface area contributed by atoms with Crippen molar-refractivity contribution in [2.75, 3.05) is 5.32 Å². The fourth-order valence-electron chi connectivity index (χ4n) is 1.63. The third-order valence-corrected chi connectivity index (χ3v) is 2.49. The molecule has 0 spiro atoms. The highest BCUT2D eigenvalue weighted by molar-refractivity contribution is 6.05. The number of hydrogen-bond donors (Lipinski definition) is 2. The Hall–Kier alpha value is -2.76. The molecule has 0 aliphatic heterocycles. The van der Waals surface area contributed by atoms with E-state index in [2.05, 4.69) is 25.3 Å². The fraction of sp³-hybridized carbons (Fsp3) is 0. The molecule has 0 saturated carbocycles. The van der Waals surface area contributed by atoms with Crippen LogP contribution in [0.3, 0.4) is 0 Å². The van der Waals surface area contributed by atoms with Crippen LogP contribution < -0.4 is 5.32 Å². The summed E-state index contributed by atoms with van der Waals surface area (Å²) in [7, 11) is 0. The number of fused-ring (bicyclic) bond motifs is 1. The van der Waals surface area contributed by atoms with Gasteiger partial charge in [0.25, 0.3) is 5.91 Å². The topological polar surface area (TPSA) is 83.6 Å². The second-order valence-corrected chi connectivity index (χ2v) is 3.68. The van der Waals surface area contributed by atoms with Gasteiger partial charge in [-0.1, -0.05) is 0 Å². The Bertz CT molecular complexity index is 692. The van der Waals surface area contributed by atoms with Gasteiger partial charge in [0.05, 0.1) is 23.6 Å². The van der Waals surface area contributed by atoms with Gasteiger partial charge in [-0.25, -0.2) is 9.97 Å². The largest absolute Gasteiger partial charge is 0.345 e. The van der Waals surface area contributed by atoms with Crippen molar-refractivity contribution in [1.29, 1.82) is 0 Å². The number of carbonyl (C=O) groups is 1. The van der Waals surface area contributed by atoms with Gasteiger partial charge in [0, 0.05) is 18.0 Å². The van der Waals surface area contributed by atoms with Crippen LogP contribution >= 0.6 is 0 Å². The molecule has 18 heavy (non-hydrogen) atoms. The maximum Gasteiger partial charge on any atom is 0.256 e.